The maximum Gasteiger partial charge on any atom is 0.340 e. The SMILES string of the molecule is O=P(O)(O)CP(=O)(O)OC[C@H]1O[C@@H](n2cnc3c(N[C@H]4CCOC4)nc(Cl)nc32)[C@@H](F)[C@@H]1O. The number of alkyl halides is 1. The monoisotopic (exact) mass is 531 g/mol. The number of imidazole rings is 1. The Bertz CT molecular complexity index is 1110. The van der Waals surface area contributed by atoms with Crippen molar-refractivity contribution in [2.75, 3.05) is 31.0 Å². The first-order valence-electron chi connectivity index (χ1n) is 9.66. The molecule has 0 saturated carbocycles. The lowest BCUT2D eigenvalue weighted by atomic mass is 10.1. The number of fused-ring (bicyclic) bond motifs is 1. The third-order valence-corrected chi connectivity index (χ3v) is 8.66. The standard InChI is InChI=1S/C15H21ClFN5O9P2/c16-15-20-12(19-7-1-2-29-3-7)10-13(21-15)22(5-18-10)14-9(17)11(23)8(31-14)4-30-33(27,28)6-32(24,25)26/h5,7-9,11,14,23H,1-4,6H2,(H,27,28)(H,19,20,21)(H2,24,25,26)/t7-,8+,9-,11+,14+/m0/s1. The van der Waals surface area contributed by atoms with Crippen molar-refractivity contribution in [2.24, 2.45) is 0 Å². The Hall–Kier alpha value is -1.25. The molecule has 2 fully saturated rings. The first kappa shape index (κ1) is 24.9. The van der Waals surface area contributed by atoms with Gasteiger partial charge >= 0.3 is 15.2 Å². The number of anilines is 1. The summed E-state index contributed by atoms with van der Waals surface area (Å²) in [6.07, 6.45) is -4.66. The number of nitrogens with one attached hydrogen (secondary N) is 1. The molecule has 6 atom stereocenters. The van der Waals surface area contributed by atoms with Crippen molar-refractivity contribution in [3.05, 3.63) is 11.6 Å². The van der Waals surface area contributed by atoms with Gasteiger partial charge in [-0.2, -0.15) is 9.97 Å². The number of nitrogens with zero attached hydrogens (tertiary/aromatic N) is 4. The average molecular weight is 532 g/mol. The molecule has 33 heavy (non-hydrogen) atoms. The van der Waals surface area contributed by atoms with Gasteiger partial charge in [0.15, 0.2) is 35.3 Å². The maximum atomic E-state index is 14.9. The second-order valence-electron chi connectivity index (χ2n) is 7.61. The van der Waals surface area contributed by atoms with Gasteiger partial charge in [0.05, 0.1) is 25.6 Å². The highest BCUT2D eigenvalue weighted by atomic mass is 35.5. The molecule has 5 N–H and O–H groups in total. The molecule has 4 heterocycles. The summed E-state index contributed by atoms with van der Waals surface area (Å²) in [7, 11) is -9.56. The van der Waals surface area contributed by atoms with Crippen LogP contribution in [0.2, 0.25) is 5.28 Å². The van der Waals surface area contributed by atoms with Gasteiger partial charge in [0.1, 0.15) is 12.2 Å². The molecule has 2 aromatic rings. The van der Waals surface area contributed by atoms with Crippen LogP contribution in [0.4, 0.5) is 10.2 Å². The smallest absolute Gasteiger partial charge is 0.340 e. The molecule has 0 bridgehead atoms. The number of aromatic nitrogens is 4. The Morgan fingerprint density at radius 2 is 2.09 bits per heavy atom. The molecule has 0 radical (unpaired) electrons. The summed E-state index contributed by atoms with van der Waals surface area (Å²) in [6.45, 7) is 0.263. The van der Waals surface area contributed by atoms with E-state index in [4.69, 9.17) is 30.9 Å². The lowest BCUT2D eigenvalue weighted by Gasteiger charge is -2.18. The number of hydrogen-bond acceptors (Lipinski definition) is 10. The van der Waals surface area contributed by atoms with Gasteiger partial charge in [-0.3, -0.25) is 13.7 Å². The zero-order chi connectivity index (χ0) is 24.0. The van der Waals surface area contributed by atoms with Crippen LogP contribution in [0.1, 0.15) is 12.6 Å². The van der Waals surface area contributed by atoms with E-state index in [1.807, 2.05) is 0 Å². The molecule has 2 aliphatic rings. The normalized spacial score (nSPS) is 30.1. The quantitative estimate of drug-likeness (QED) is 0.235. The minimum Gasteiger partial charge on any atom is -0.387 e. The highest BCUT2D eigenvalue weighted by molar-refractivity contribution is 7.70. The van der Waals surface area contributed by atoms with Crippen molar-refractivity contribution in [3.63, 3.8) is 0 Å². The highest BCUT2D eigenvalue weighted by Crippen LogP contribution is 2.55. The zero-order valence-electron chi connectivity index (χ0n) is 16.8. The fourth-order valence-corrected chi connectivity index (χ4v) is 6.28. The van der Waals surface area contributed by atoms with Gasteiger partial charge < -0.3 is 39.1 Å². The van der Waals surface area contributed by atoms with E-state index >= 15 is 0 Å². The molecule has 18 heteroatoms. The van der Waals surface area contributed by atoms with Crippen molar-refractivity contribution in [2.45, 2.75) is 37.1 Å². The summed E-state index contributed by atoms with van der Waals surface area (Å²) in [5.41, 5.74) is 0.393. The molecule has 1 unspecified atom stereocenters. The summed E-state index contributed by atoms with van der Waals surface area (Å²) in [5, 5.41) is 13.2. The minimum absolute atomic E-state index is 0.0216. The van der Waals surface area contributed by atoms with Crippen molar-refractivity contribution >= 4 is 43.8 Å². The third kappa shape index (κ3) is 5.70. The summed E-state index contributed by atoms with van der Waals surface area (Å²) in [4.78, 5) is 39.7. The van der Waals surface area contributed by atoms with Gasteiger partial charge in [-0.05, 0) is 18.0 Å². The Labute approximate surface area is 190 Å². The van der Waals surface area contributed by atoms with Crippen LogP contribution in [-0.2, 0) is 23.1 Å². The molecule has 0 amide bonds. The maximum absolute atomic E-state index is 14.9. The number of ether oxygens (including phenoxy) is 2. The van der Waals surface area contributed by atoms with Gasteiger partial charge in [0.25, 0.3) is 0 Å². The minimum atomic E-state index is -4.84. The fourth-order valence-electron chi connectivity index (χ4n) is 3.55. The molecular formula is C15H21ClFN5O9P2. The van der Waals surface area contributed by atoms with Gasteiger partial charge in [-0.25, -0.2) is 9.37 Å². The Balaban J connectivity index is 1.53. The van der Waals surface area contributed by atoms with E-state index in [0.29, 0.717) is 19.0 Å². The van der Waals surface area contributed by atoms with E-state index in [1.165, 1.54) is 10.9 Å². The van der Waals surface area contributed by atoms with Crippen LogP contribution in [0.3, 0.4) is 0 Å². The predicted molar refractivity (Wildman–Crippen MR) is 111 cm³/mol. The van der Waals surface area contributed by atoms with Gasteiger partial charge in [-0.15, -0.1) is 0 Å². The van der Waals surface area contributed by atoms with Gasteiger partial charge in [-0.1, -0.05) is 0 Å². The summed E-state index contributed by atoms with van der Waals surface area (Å²) in [6, 6.07) is -0.0216. The molecule has 184 valence electrons. The van der Waals surface area contributed by atoms with Crippen molar-refractivity contribution in [1.82, 2.24) is 19.5 Å². The van der Waals surface area contributed by atoms with Crippen LogP contribution in [0.5, 0.6) is 0 Å². The van der Waals surface area contributed by atoms with Gasteiger partial charge in [0, 0.05) is 6.61 Å². The molecule has 2 saturated heterocycles. The summed E-state index contributed by atoms with van der Waals surface area (Å²) in [5.74, 6) is -1.11. The second-order valence-corrected chi connectivity index (χ2v) is 11.9. The van der Waals surface area contributed by atoms with Crippen molar-refractivity contribution in [3.8, 4) is 0 Å². The molecule has 14 nitrogen and oxygen atoms in total. The van der Waals surface area contributed by atoms with E-state index in [0.717, 1.165) is 6.42 Å². The molecule has 0 aromatic carbocycles. The zero-order valence-corrected chi connectivity index (χ0v) is 19.3. The Morgan fingerprint density at radius 1 is 1.33 bits per heavy atom. The number of rotatable bonds is 8. The van der Waals surface area contributed by atoms with Crippen LogP contribution in [0.15, 0.2) is 6.33 Å². The third-order valence-electron chi connectivity index (χ3n) is 5.04. The van der Waals surface area contributed by atoms with E-state index in [-0.39, 0.29) is 22.5 Å². The molecular weight excluding hydrogens is 511 g/mol. The Kier molecular flexibility index (Phi) is 7.10. The van der Waals surface area contributed by atoms with Crippen LogP contribution < -0.4 is 5.32 Å². The number of hydrogen-bond donors (Lipinski definition) is 5. The van der Waals surface area contributed by atoms with Crippen molar-refractivity contribution in [1.29, 1.82) is 0 Å². The fraction of sp³-hybridized carbons (Fsp3) is 0.667. The van der Waals surface area contributed by atoms with Crippen LogP contribution >= 0.6 is 26.8 Å². The number of aliphatic hydroxyl groups excluding tert-OH is 1. The van der Waals surface area contributed by atoms with Gasteiger partial charge in [0.2, 0.25) is 5.28 Å². The largest absolute Gasteiger partial charge is 0.387 e. The van der Waals surface area contributed by atoms with E-state index in [1.54, 1.807) is 0 Å². The molecule has 2 aromatic heterocycles. The van der Waals surface area contributed by atoms with E-state index < -0.39 is 52.3 Å². The van der Waals surface area contributed by atoms with Crippen LogP contribution in [0.25, 0.3) is 11.2 Å². The van der Waals surface area contributed by atoms with E-state index in [9.17, 15) is 23.5 Å². The Morgan fingerprint density at radius 3 is 2.76 bits per heavy atom. The number of aliphatic hydroxyl groups is 1. The van der Waals surface area contributed by atoms with Crippen LogP contribution in [-0.4, -0.2) is 89.5 Å². The molecule has 0 spiro atoms. The summed E-state index contributed by atoms with van der Waals surface area (Å²) < 4.78 is 54.3. The molecule has 4 rings (SSSR count). The highest BCUT2D eigenvalue weighted by Gasteiger charge is 2.47. The average Bonchev–Trinajstić information content (AvgIpc) is 3.40. The van der Waals surface area contributed by atoms with E-state index in [2.05, 4.69) is 24.8 Å². The van der Waals surface area contributed by atoms with Crippen LogP contribution in [0, 0.1) is 0 Å². The number of halogens is 2. The first-order valence-corrected chi connectivity index (χ1v) is 13.6. The summed E-state index contributed by atoms with van der Waals surface area (Å²) >= 11 is 6.03. The molecule has 0 aliphatic carbocycles. The second kappa shape index (κ2) is 9.42. The predicted octanol–water partition coefficient (Wildman–Crippen LogP) is 0.614. The van der Waals surface area contributed by atoms with Crippen molar-refractivity contribution < 1.29 is 47.3 Å². The molecule has 2 aliphatic heterocycles. The lowest BCUT2D eigenvalue weighted by Crippen LogP contribution is -2.31. The first-order chi connectivity index (χ1) is 15.4. The lowest BCUT2D eigenvalue weighted by molar-refractivity contribution is -0.0425. The topological polar surface area (TPSA) is 198 Å².